The van der Waals surface area contributed by atoms with E-state index in [9.17, 15) is 9.59 Å². The number of thiophene rings is 1. The van der Waals surface area contributed by atoms with Gasteiger partial charge in [0.15, 0.2) is 5.43 Å². The van der Waals surface area contributed by atoms with E-state index in [2.05, 4.69) is 0 Å². The third kappa shape index (κ3) is 2.71. The number of carbonyl (C=O) groups is 1. The van der Waals surface area contributed by atoms with E-state index in [1.165, 1.54) is 0 Å². The summed E-state index contributed by atoms with van der Waals surface area (Å²) in [6.45, 7) is 1.96. The molecule has 0 spiro atoms. The Hall–Kier alpha value is -3.32. The number of methoxy groups -OCH3 is 1. The Kier molecular flexibility index (Phi) is 4.52. The number of esters is 1. The molecule has 0 atom stereocenters. The summed E-state index contributed by atoms with van der Waals surface area (Å²) in [6.07, 6.45) is 0. The molecule has 0 unspecified atom stereocenters. The van der Waals surface area contributed by atoms with Crippen LogP contribution < -0.4 is 15.9 Å². The summed E-state index contributed by atoms with van der Waals surface area (Å²) in [5, 5.41) is 0.854. The van der Waals surface area contributed by atoms with E-state index in [4.69, 9.17) is 15.2 Å². The molecule has 0 aliphatic rings. The molecule has 7 heteroatoms. The van der Waals surface area contributed by atoms with Crippen molar-refractivity contribution in [1.29, 1.82) is 0 Å². The predicted molar refractivity (Wildman–Crippen MR) is 112 cm³/mol. The number of carbonyl (C=O) groups excluding carboxylic acids is 1. The Morgan fingerprint density at radius 3 is 2.71 bits per heavy atom. The molecule has 4 aromatic rings. The third-order valence-electron chi connectivity index (χ3n) is 4.52. The number of nitrogen functional groups attached to an aromatic ring is 1. The summed E-state index contributed by atoms with van der Waals surface area (Å²) in [5.41, 5.74) is 7.72. The smallest absolute Gasteiger partial charge is 0.350 e. The number of ether oxygens (including phenoxy) is 2. The second kappa shape index (κ2) is 7.01. The molecule has 0 saturated carbocycles. The number of hydrogen-bond donors (Lipinski definition) is 1. The minimum Gasteiger partial charge on any atom is -0.497 e. The summed E-state index contributed by atoms with van der Waals surface area (Å²) >= 11 is 1.16. The lowest BCUT2D eigenvalue weighted by molar-refractivity contribution is 0.0533. The van der Waals surface area contributed by atoms with E-state index in [-0.39, 0.29) is 22.6 Å². The molecule has 0 aliphatic heterocycles. The summed E-state index contributed by atoms with van der Waals surface area (Å²) in [7, 11) is 1.60. The lowest BCUT2D eigenvalue weighted by Gasteiger charge is -2.14. The van der Waals surface area contributed by atoms with E-state index < -0.39 is 5.97 Å². The quantitative estimate of drug-likeness (QED) is 0.530. The number of aromatic nitrogens is 1. The zero-order chi connectivity index (χ0) is 19.8. The van der Waals surface area contributed by atoms with Gasteiger partial charge in [-0.05, 0) is 31.2 Å². The molecular formula is C21H18N2O4S. The number of hydrogen-bond acceptors (Lipinski definition) is 6. The first-order chi connectivity index (χ1) is 13.6. The largest absolute Gasteiger partial charge is 0.497 e. The molecule has 4 rings (SSSR count). The van der Waals surface area contributed by atoms with Crippen LogP contribution in [0.3, 0.4) is 0 Å². The van der Waals surface area contributed by atoms with E-state index in [0.717, 1.165) is 22.5 Å². The topological polar surface area (TPSA) is 83.5 Å². The molecule has 2 aromatic carbocycles. The highest BCUT2D eigenvalue weighted by molar-refractivity contribution is 7.21. The van der Waals surface area contributed by atoms with Gasteiger partial charge in [-0.25, -0.2) is 4.79 Å². The molecule has 0 saturated heterocycles. The average molecular weight is 394 g/mol. The Morgan fingerprint density at radius 1 is 1.18 bits per heavy atom. The number of nitrogens with two attached hydrogens (primary N) is 1. The van der Waals surface area contributed by atoms with Gasteiger partial charge < -0.3 is 19.8 Å². The summed E-state index contributed by atoms with van der Waals surface area (Å²) in [5.74, 6) is 0.158. The van der Waals surface area contributed by atoms with Crippen molar-refractivity contribution >= 4 is 44.1 Å². The summed E-state index contributed by atoms with van der Waals surface area (Å²) in [4.78, 5) is 26.3. The zero-order valence-corrected chi connectivity index (χ0v) is 16.2. The molecule has 0 fully saturated rings. The van der Waals surface area contributed by atoms with Crippen LogP contribution in [-0.2, 0) is 4.74 Å². The molecule has 0 bridgehead atoms. The number of anilines is 1. The van der Waals surface area contributed by atoms with E-state index in [0.29, 0.717) is 21.4 Å². The molecule has 0 radical (unpaired) electrons. The van der Waals surface area contributed by atoms with Gasteiger partial charge in [0.25, 0.3) is 0 Å². The van der Waals surface area contributed by atoms with Gasteiger partial charge in [0.2, 0.25) is 0 Å². The highest BCUT2D eigenvalue weighted by Gasteiger charge is 2.23. The Labute approximate surface area is 164 Å². The molecule has 2 N–H and O–H groups in total. The molecule has 2 heterocycles. The van der Waals surface area contributed by atoms with Crippen LogP contribution >= 0.6 is 11.3 Å². The minimum atomic E-state index is -0.526. The van der Waals surface area contributed by atoms with Gasteiger partial charge in [-0.1, -0.05) is 18.2 Å². The first-order valence-electron chi connectivity index (χ1n) is 8.74. The van der Waals surface area contributed by atoms with Gasteiger partial charge in [0.1, 0.15) is 15.5 Å². The van der Waals surface area contributed by atoms with Gasteiger partial charge in [-0.2, -0.15) is 0 Å². The van der Waals surface area contributed by atoms with E-state index in [1.54, 1.807) is 26.2 Å². The highest BCUT2D eigenvalue weighted by atomic mass is 32.1. The number of para-hydroxylation sites is 1. The first-order valence-corrected chi connectivity index (χ1v) is 9.55. The van der Waals surface area contributed by atoms with Gasteiger partial charge in [0.05, 0.1) is 36.0 Å². The third-order valence-corrected chi connectivity index (χ3v) is 5.69. The molecule has 6 nitrogen and oxygen atoms in total. The fourth-order valence-corrected chi connectivity index (χ4v) is 4.41. The Bertz CT molecular complexity index is 1270. The predicted octanol–water partition coefficient (Wildman–Crippen LogP) is 3.97. The summed E-state index contributed by atoms with van der Waals surface area (Å²) in [6, 6.07) is 14.8. The second-order valence-corrected chi connectivity index (χ2v) is 7.13. The highest BCUT2D eigenvalue weighted by Crippen LogP contribution is 2.36. The van der Waals surface area contributed by atoms with Crippen molar-refractivity contribution in [3.63, 3.8) is 0 Å². The van der Waals surface area contributed by atoms with Crippen LogP contribution in [0.2, 0.25) is 0 Å². The first kappa shape index (κ1) is 18.1. The van der Waals surface area contributed by atoms with Crippen molar-refractivity contribution in [2.24, 2.45) is 0 Å². The second-order valence-electron chi connectivity index (χ2n) is 6.13. The number of pyridine rings is 1. The Balaban J connectivity index is 2.17. The van der Waals surface area contributed by atoms with E-state index >= 15 is 0 Å². The fourth-order valence-electron chi connectivity index (χ4n) is 3.27. The summed E-state index contributed by atoms with van der Waals surface area (Å²) < 4.78 is 12.4. The van der Waals surface area contributed by atoms with Crippen molar-refractivity contribution in [2.75, 3.05) is 19.5 Å². The number of benzene rings is 2. The van der Waals surface area contributed by atoms with Crippen LogP contribution in [0.5, 0.6) is 5.75 Å². The monoisotopic (exact) mass is 394 g/mol. The maximum Gasteiger partial charge on any atom is 0.350 e. The van der Waals surface area contributed by atoms with Crippen molar-refractivity contribution in [2.45, 2.75) is 6.92 Å². The van der Waals surface area contributed by atoms with Gasteiger partial charge in [-0.3, -0.25) is 4.79 Å². The van der Waals surface area contributed by atoms with Crippen LogP contribution in [-0.4, -0.2) is 24.3 Å². The standard InChI is InChI=1S/C21H18N2O4S/c1-3-27-21(25)19-17(22)16-18(24)14-9-4-5-10-15(14)23(20(16)28-19)12-7-6-8-13(11-12)26-2/h4-11H,3,22H2,1-2H3. The van der Waals surface area contributed by atoms with Crippen LogP contribution in [0.1, 0.15) is 16.6 Å². The van der Waals surface area contributed by atoms with Crippen LogP contribution in [0, 0.1) is 0 Å². The lowest BCUT2D eigenvalue weighted by atomic mass is 10.1. The van der Waals surface area contributed by atoms with Gasteiger partial charge in [0, 0.05) is 11.5 Å². The fraction of sp³-hybridized carbons (Fsp3) is 0.143. The molecule has 0 amide bonds. The van der Waals surface area contributed by atoms with Gasteiger partial charge >= 0.3 is 5.97 Å². The van der Waals surface area contributed by atoms with Crippen molar-refractivity contribution in [3.8, 4) is 11.4 Å². The zero-order valence-electron chi connectivity index (χ0n) is 15.4. The lowest BCUT2D eigenvalue weighted by Crippen LogP contribution is -2.10. The molecule has 2 aromatic heterocycles. The molecule has 28 heavy (non-hydrogen) atoms. The van der Waals surface area contributed by atoms with Crippen molar-refractivity contribution < 1.29 is 14.3 Å². The minimum absolute atomic E-state index is 0.158. The molecular weight excluding hydrogens is 376 g/mol. The van der Waals surface area contributed by atoms with Crippen molar-refractivity contribution in [1.82, 2.24) is 4.57 Å². The van der Waals surface area contributed by atoms with Crippen molar-refractivity contribution in [3.05, 3.63) is 63.6 Å². The molecule has 142 valence electrons. The number of nitrogens with zero attached hydrogens (tertiary/aromatic N) is 1. The van der Waals surface area contributed by atoms with Crippen LogP contribution in [0.15, 0.2) is 53.3 Å². The van der Waals surface area contributed by atoms with Crippen LogP contribution in [0.4, 0.5) is 5.69 Å². The normalized spacial score (nSPS) is 11.1. The Morgan fingerprint density at radius 2 is 1.96 bits per heavy atom. The van der Waals surface area contributed by atoms with Crippen LogP contribution in [0.25, 0.3) is 26.8 Å². The molecule has 0 aliphatic carbocycles. The maximum absolute atomic E-state index is 13.1. The van der Waals surface area contributed by atoms with E-state index in [1.807, 2.05) is 41.0 Å². The number of rotatable bonds is 4. The average Bonchev–Trinajstić information content (AvgIpc) is 3.06. The van der Waals surface area contributed by atoms with Gasteiger partial charge in [-0.15, -0.1) is 11.3 Å². The maximum atomic E-state index is 13.1. The SMILES string of the molecule is CCOC(=O)c1sc2c(c1N)c(=O)c1ccccc1n2-c1cccc(OC)c1. The number of fused-ring (bicyclic) bond motifs is 2.